The maximum atomic E-state index is 14.3. The molecule has 26 heavy (non-hydrogen) atoms. The Balaban J connectivity index is 1.63. The minimum Gasteiger partial charge on any atom is -0.207 e. The van der Waals surface area contributed by atoms with Gasteiger partial charge in [-0.25, -0.2) is 8.78 Å². The Kier molecular flexibility index (Phi) is 6.04. The fourth-order valence-corrected chi connectivity index (χ4v) is 3.91. The highest BCUT2D eigenvalue weighted by atomic mass is 19.1. The second-order valence-electron chi connectivity index (χ2n) is 7.38. The topological polar surface area (TPSA) is 23.8 Å². The van der Waals surface area contributed by atoms with E-state index in [9.17, 15) is 8.78 Å². The average molecular weight is 353 g/mol. The van der Waals surface area contributed by atoms with Crippen molar-refractivity contribution in [1.29, 1.82) is 5.26 Å². The van der Waals surface area contributed by atoms with E-state index in [4.69, 9.17) is 5.26 Å². The van der Waals surface area contributed by atoms with Gasteiger partial charge in [0.1, 0.15) is 11.6 Å². The molecule has 0 aliphatic heterocycles. The zero-order chi connectivity index (χ0) is 18.5. The molecule has 0 radical (unpaired) electrons. The molecule has 1 unspecified atom stereocenters. The quantitative estimate of drug-likeness (QED) is 0.632. The van der Waals surface area contributed by atoms with Gasteiger partial charge in [-0.1, -0.05) is 19.4 Å². The normalized spacial score (nSPS) is 16.2. The molecule has 0 bridgehead atoms. The second-order valence-corrected chi connectivity index (χ2v) is 7.38. The molecule has 0 spiro atoms. The maximum Gasteiger partial charge on any atom is 0.129 e. The minimum absolute atomic E-state index is 0.232. The van der Waals surface area contributed by atoms with E-state index in [-0.39, 0.29) is 5.56 Å². The van der Waals surface area contributed by atoms with Gasteiger partial charge in [-0.05, 0) is 91.8 Å². The van der Waals surface area contributed by atoms with Crippen LogP contribution in [0.15, 0.2) is 30.3 Å². The van der Waals surface area contributed by atoms with Gasteiger partial charge >= 0.3 is 0 Å². The summed E-state index contributed by atoms with van der Waals surface area (Å²) in [6, 6.07) is 11.1. The summed E-state index contributed by atoms with van der Waals surface area (Å²) < 4.78 is 28.7. The summed E-state index contributed by atoms with van der Waals surface area (Å²) >= 11 is 0. The minimum atomic E-state index is -0.397. The first-order valence-electron chi connectivity index (χ1n) is 9.59. The highest BCUT2D eigenvalue weighted by Crippen LogP contribution is 2.30. The third-order valence-electron chi connectivity index (χ3n) is 5.49. The Morgan fingerprint density at radius 2 is 1.85 bits per heavy atom. The van der Waals surface area contributed by atoms with Gasteiger partial charge in [0.15, 0.2) is 0 Å². The lowest BCUT2D eigenvalue weighted by Crippen LogP contribution is -2.15. The van der Waals surface area contributed by atoms with Crippen molar-refractivity contribution >= 4 is 0 Å². The van der Waals surface area contributed by atoms with Crippen molar-refractivity contribution in [3.8, 4) is 6.07 Å². The van der Waals surface area contributed by atoms with Gasteiger partial charge in [-0.2, -0.15) is 5.26 Å². The van der Waals surface area contributed by atoms with Crippen LogP contribution in [0.25, 0.3) is 0 Å². The van der Waals surface area contributed by atoms with Crippen LogP contribution >= 0.6 is 0 Å². The molecule has 1 aliphatic rings. The van der Waals surface area contributed by atoms with Crippen LogP contribution in [0.2, 0.25) is 0 Å². The zero-order valence-corrected chi connectivity index (χ0v) is 15.3. The van der Waals surface area contributed by atoms with Gasteiger partial charge in [0, 0.05) is 5.56 Å². The monoisotopic (exact) mass is 353 g/mol. The van der Waals surface area contributed by atoms with Crippen LogP contribution in [0.1, 0.15) is 60.4 Å². The zero-order valence-electron chi connectivity index (χ0n) is 15.3. The molecule has 136 valence electrons. The Hall–Kier alpha value is -2.21. The summed E-state index contributed by atoms with van der Waals surface area (Å²) in [4.78, 5) is 0. The second kappa shape index (κ2) is 8.45. The molecule has 1 aliphatic carbocycles. The number of fused-ring (bicyclic) bond motifs is 1. The number of nitrogens with zero attached hydrogens (tertiary/aromatic N) is 1. The molecular weight excluding hydrogens is 328 g/mol. The lowest BCUT2D eigenvalue weighted by Gasteiger charge is -2.25. The number of unbranched alkanes of at least 4 members (excludes halogenated alkanes) is 1. The third kappa shape index (κ3) is 4.30. The molecule has 0 heterocycles. The summed E-state index contributed by atoms with van der Waals surface area (Å²) in [5, 5.41) is 9.00. The van der Waals surface area contributed by atoms with E-state index in [0.29, 0.717) is 17.9 Å². The molecule has 0 amide bonds. The lowest BCUT2D eigenvalue weighted by atomic mass is 9.80. The molecule has 0 N–H and O–H groups in total. The van der Waals surface area contributed by atoms with Gasteiger partial charge in [0.2, 0.25) is 0 Å². The van der Waals surface area contributed by atoms with Gasteiger partial charge in [-0.3, -0.25) is 0 Å². The van der Waals surface area contributed by atoms with Crippen molar-refractivity contribution in [2.24, 2.45) is 5.92 Å². The first kappa shape index (κ1) is 18.6. The van der Waals surface area contributed by atoms with Crippen molar-refractivity contribution < 1.29 is 8.78 Å². The standard InChI is InChI=1S/C23H25F2N/c1-2-3-4-17-13-22(24)21(23(25)14-17)10-7-16-5-8-20-12-18(15-26)6-9-19(20)11-16/h6,9,12-14,16H,2-5,7-8,10-11H2,1H3. The van der Waals surface area contributed by atoms with Crippen molar-refractivity contribution in [1.82, 2.24) is 0 Å². The molecule has 3 heteroatoms. The van der Waals surface area contributed by atoms with Crippen molar-refractivity contribution in [2.75, 3.05) is 0 Å². The predicted octanol–water partition coefficient (Wildman–Crippen LogP) is 5.92. The molecular formula is C23H25F2N. The summed E-state index contributed by atoms with van der Waals surface area (Å²) in [5.41, 5.74) is 4.21. The molecule has 0 saturated heterocycles. The van der Waals surface area contributed by atoms with Crippen LogP contribution in [0, 0.1) is 28.9 Å². The SMILES string of the molecule is CCCCc1cc(F)c(CCC2CCc3cc(C#N)ccc3C2)c(F)c1. The molecule has 1 atom stereocenters. The highest BCUT2D eigenvalue weighted by molar-refractivity contribution is 5.39. The fourth-order valence-electron chi connectivity index (χ4n) is 3.91. The molecule has 0 aromatic heterocycles. The smallest absolute Gasteiger partial charge is 0.129 e. The molecule has 0 saturated carbocycles. The third-order valence-corrected chi connectivity index (χ3v) is 5.49. The van der Waals surface area contributed by atoms with Crippen LogP contribution in [0.4, 0.5) is 8.78 Å². The van der Waals surface area contributed by atoms with Crippen molar-refractivity contribution in [3.63, 3.8) is 0 Å². The highest BCUT2D eigenvalue weighted by Gasteiger charge is 2.20. The summed E-state index contributed by atoms with van der Waals surface area (Å²) in [7, 11) is 0. The van der Waals surface area contributed by atoms with E-state index in [1.54, 1.807) is 0 Å². The van der Waals surface area contributed by atoms with Crippen LogP contribution in [0.3, 0.4) is 0 Å². The average Bonchev–Trinajstić information content (AvgIpc) is 2.65. The van der Waals surface area contributed by atoms with Crippen LogP contribution in [-0.4, -0.2) is 0 Å². The number of hydrogen-bond donors (Lipinski definition) is 0. The van der Waals surface area contributed by atoms with Gasteiger partial charge in [0.25, 0.3) is 0 Å². The molecule has 2 aromatic carbocycles. The van der Waals surface area contributed by atoms with Crippen molar-refractivity contribution in [3.05, 3.63) is 69.8 Å². The Labute approximate surface area is 154 Å². The number of benzene rings is 2. The molecule has 2 aromatic rings. The number of aryl methyl sites for hydroxylation is 2. The van der Waals surface area contributed by atoms with E-state index in [1.165, 1.54) is 23.3 Å². The van der Waals surface area contributed by atoms with Gasteiger partial charge in [-0.15, -0.1) is 0 Å². The molecule has 3 rings (SSSR count). The van der Waals surface area contributed by atoms with E-state index in [0.717, 1.165) is 50.5 Å². The predicted molar refractivity (Wildman–Crippen MR) is 100.0 cm³/mol. The summed E-state index contributed by atoms with van der Waals surface area (Å²) in [6.07, 6.45) is 6.82. The summed E-state index contributed by atoms with van der Waals surface area (Å²) in [6.45, 7) is 2.07. The molecule has 0 fully saturated rings. The van der Waals surface area contributed by atoms with Crippen LogP contribution < -0.4 is 0 Å². The van der Waals surface area contributed by atoms with Crippen molar-refractivity contribution in [2.45, 2.75) is 58.3 Å². The Morgan fingerprint density at radius 3 is 2.54 bits per heavy atom. The largest absolute Gasteiger partial charge is 0.207 e. The van der Waals surface area contributed by atoms with Crippen LogP contribution in [0.5, 0.6) is 0 Å². The van der Waals surface area contributed by atoms with E-state index < -0.39 is 11.6 Å². The summed E-state index contributed by atoms with van der Waals surface area (Å²) in [5.74, 6) is -0.356. The lowest BCUT2D eigenvalue weighted by molar-refractivity contribution is 0.418. The van der Waals surface area contributed by atoms with Gasteiger partial charge < -0.3 is 0 Å². The van der Waals surface area contributed by atoms with E-state index in [1.807, 2.05) is 18.2 Å². The molecule has 1 nitrogen and oxygen atoms in total. The van der Waals surface area contributed by atoms with E-state index >= 15 is 0 Å². The fraction of sp³-hybridized carbons (Fsp3) is 0.435. The Morgan fingerprint density at radius 1 is 1.08 bits per heavy atom. The number of rotatable bonds is 6. The first-order valence-corrected chi connectivity index (χ1v) is 9.59. The van der Waals surface area contributed by atoms with E-state index in [2.05, 4.69) is 13.0 Å². The first-order chi connectivity index (χ1) is 12.6. The van der Waals surface area contributed by atoms with Crippen LogP contribution in [-0.2, 0) is 25.7 Å². The Bertz CT molecular complexity index is 796. The van der Waals surface area contributed by atoms with Gasteiger partial charge in [0.05, 0.1) is 11.6 Å². The number of halogens is 2. The number of nitriles is 1. The maximum absolute atomic E-state index is 14.3. The number of hydrogen-bond acceptors (Lipinski definition) is 1.